The number of hydrogen-bond donors (Lipinski definition) is 1. The molecule has 3 aromatic rings. The van der Waals surface area contributed by atoms with E-state index in [4.69, 9.17) is 0 Å². The van der Waals surface area contributed by atoms with E-state index >= 15 is 0 Å². The molecule has 0 spiro atoms. The Hall–Kier alpha value is -3.06. The van der Waals surface area contributed by atoms with E-state index in [0.29, 0.717) is 23.2 Å². The van der Waals surface area contributed by atoms with E-state index in [9.17, 15) is 13.6 Å². The molecular formula is C28H30F2N4O. The summed E-state index contributed by atoms with van der Waals surface area (Å²) >= 11 is 0. The molecule has 3 heterocycles. The number of carbonyl (C=O) groups is 1. The third kappa shape index (κ3) is 3.86. The average Bonchev–Trinajstić information content (AvgIpc) is 3.60. The van der Waals surface area contributed by atoms with Gasteiger partial charge in [-0.05, 0) is 81.1 Å². The molecule has 7 heteroatoms. The molecule has 5 nitrogen and oxygen atoms in total. The molecule has 1 aliphatic carbocycles. The highest BCUT2D eigenvalue weighted by Gasteiger charge is 2.47. The molecule has 3 fully saturated rings. The van der Waals surface area contributed by atoms with Gasteiger partial charge in [0.2, 0.25) is 0 Å². The molecule has 2 bridgehead atoms. The minimum Gasteiger partial charge on any atom is -0.368 e. The second-order valence-corrected chi connectivity index (χ2v) is 10.4. The maximum atomic E-state index is 13.6. The smallest absolute Gasteiger partial charge is 0.263 e. The summed E-state index contributed by atoms with van der Waals surface area (Å²) in [5, 5.41) is 4.04. The van der Waals surface area contributed by atoms with Crippen LogP contribution in [0.3, 0.4) is 0 Å². The van der Waals surface area contributed by atoms with E-state index in [0.717, 1.165) is 48.1 Å². The van der Waals surface area contributed by atoms with Gasteiger partial charge in [-0.1, -0.05) is 12.1 Å². The van der Waals surface area contributed by atoms with Gasteiger partial charge in [0.1, 0.15) is 0 Å². The Balaban J connectivity index is 1.30. The van der Waals surface area contributed by atoms with Crippen molar-refractivity contribution in [2.75, 3.05) is 25.0 Å². The van der Waals surface area contributed by atoms with Crippen LogP contribution in [0.2, 0.25) is 0 Å². The van der Waals surface area contributed by atoms with E-state index in [1.54, 1.807) is 12.3 Å². The van der Waals surface area contributed by atoms with Crippen LogP contribution < -0.4 is 10.2 Å². The Morgan fingerprint density at radius 1 is 1.11 bits per heavy atom. The van der Waals surface area contributed by atoms with Crippen LogP contribution in [0.5, 0.6) is 0 Å². The summed E-state index contributed by atoms with van der Waals surface area (Å²) in [6.45, 7) is 3.89. The largest absolute Gasteiger partial charge is 0.368 e. The van der Waals surface area contributed by atoms with Gasteiger partial charge in [0.05, 0.1) is 11.1 Å². The maximum Gasteiger partial charge on any atom is 0.263 e. The quantitative estimate of drug-likeness (QED) is 0.551. The Morgan fingerprint density at radius 3 is 2.54 bits per heavy atom. The van der Waals surface area contributed by atoms with Crippen LogP contribution in [0, 0.1) is 6.92 Å². The highest BCUT2D eigenvalue weighted by molar-refractivity contribution is 5.98. The fourth-order valence-corrected chi connectivity index (χ4v) is 5.97. The molecular weight excluding hydrogens is 446 g/mol. The van der Waals surface area contributed by atoms with E-state index in [1.807, 2.05) is 31.2 Å². The van der Waals surface area contributed by atoms with Crippen LogP contribution in [0.4, 0.5) is 14.5 Å². The van der Waals surface area contributed by atoms with Crippen molar-refractivity contribution in [1.29, 1.82) is 0 Å². The molecule has 35 heavy (non-hydrogen) atoms. The van der Waals surface area contributed by atoms with Crippen LogP contribution in [-0.4, -0.2) is 48.0 Å². The molecule has 3 aliphatic rings. The van der Waals surface area contributed by atoms with Crippen LogP contribution >= 0.6 is 0 Å². The van der Waals surface area contributed by atoms with Gasteiger partial charge in [-0.3, -0.25) is 14.7 Å². The van der Waals surface area contributed by atoms with Gasteiger partial charge in [-0.25, -0.2) is 8.78 Å². The van der Waals surface area contributed by atoms with Gasteiger partial charge >= 0.3 is 0 Å². The number of carbonyl (C=O) groups excluding carboxylic acids is 1. The maximum absolute atomic E-state index is 13.6. The number of rotatable bonds is 5. The van der Waals surface area contributed by atoms with Crippen molar-refractivity contribution in [2.24, 2.45) is 0 Å². The zero-order chi connectivity index (χ0) is 24.3. The summed E-state index contributed by atoms with van der Waals surface area (Å²) in [5.74, 6) is -0.154. The molecule has 1 N–H and O–H groups in total. The normalized spacial score (nSPS) is 23.2. The van der Waals surface area contributed by atoms with Crippen molar-refractivity contribution in [3.05, 3.63) is 70.9 Å². The minimum atomic E-state index is -2.59. The number of fused-ring (bicyclic) bond motifs is 3. The molecule has 1 amide bonds. The summed E-state index contributed by atoms with van der Waals surface area (Å²) in [4.78, 5) is 22.8. The van der Waals surface area contributed by atoms with Gasteiger partial charge < -0.3 is 10.2 Å². The monoisotopic (exact) mass is 476 g/mol. The minimum absolute atomic E-state index is 0.0606. The number of anilines is 1. The zero-order valence-corrected chi connectivity index (χ0v) is 20.1. The Bertz CT molecular complexity index is 1290. The summed E-state index contributed by atoms with van der Waals surface area (Å²) in [6, 6.07) is 13.9. The van der Waals surface area contributed by atoms with Crippen molar-refractivity contribution < 1.29 is 13.6 Å². The number of alkyl halides is 2. The number of halogens is 2. The van der Waals surface area contributed by atoms with Gasteiger partial charge in [-0.15, -0.1) is 0 Å². The van der Waals surface area contributed by atoms with Crippen LogP contribution in [0.25, 0.3) is 10.9 Å². The average molecular weight is 477 g/mol. The van der Waals surface area contributed by atoms with Gasteiger partial charge in [-0.2, -0.15) is 0 Å². The van der Waals surface area contributed by atoms with Crippen molar-refractivity contribution in [1.82, 2.24) is 15.2 Å². The Morgan fingerprint density at radius 2 is 1.86 bits per heavy atom. The van der Waals surface area contributed by atoms with Crippen molar-refractivity contribution in [2.45, 2.75) is 56.7 Å². The Kier molecular flexibility index (Phi) is 5.29. The third-order valence-electron chi connectivity index (χ3n) is 8.29. The fourth-order valence-electron chi connectivity index (χ4n) is 5.97. The molecule has 1 aromatic heterocycles. The first kappa shape index (κ1) is 22.4. The van der Waals surface area contributed by atoms with Crippen molar-refractivity contribution in [3.63, 3.8) is 0 Å². The van der Waals surface area contributed by atoms with Crippen molar-refractivity contribution in [3.8, 4) is 0 Å². The van der Waals surface area contributed by atoms with E-state index in [1.165, 1.54) is 18.9 Å². The Labute approximate surface area is 204 Å². The SMILES string of the molecule is Cc1ccc(N2CC3CCC(C2)N3C)cc1C(=O)NC1(c2cc(C(F)F)cc3ncccc23)CC1. The molecule has 1 saturated carbocycles. The standard InChI is InChI=1S/C28H30F2N4O/c1-17-5-6-19(34-15-20-7-8-21(16-34)33(20)2)14-23(17)27(35)32-28(9-10-28)24-12-18(26(29)30)13-25-22(24)4-3-11-31-25/h3-6,11-14,20-21,26H,7-10,15-16H2,1-2H3,(H,32,35). The van der Waals surface area contributed by atoms with Crippen LogP contribution in [-0.2, 0) is 5.54 Å². The van der Waals surface area contributed by atoms with Gasteiger partial charge in [0.25, 0.3) is 12.3 Å². The molecule has 182 valence electrons. The predicted molar refractivity (Wildman–Crippen MR) is 133 cm³/mol. The zero-order valence-electron chi connectivity index (χ0n) is 20.1. The van der Waals surface area contributed by atoms with Crippen molar-refractivity contribution >= 4 is 22.5 Å². The first-order chi connectivity index (χ1) is 16.8. The van der Waals surface area contributed by atoms with Gasteiger partial charge in [0.15, 0.2) is 0 Å². The molecule has 2 saturated heterocycles. The molecule has 6 rings (SSSR count). The highest BCUT2D eigenvalue weighted by atomic mass is 19.3. The lowest BCUT2D eigenvalue weighted by atomic mass is 9.95. The second-order valence-electron chi connectivity index (χ2n) is 10.4. The summed E-state index contributed by atoms with van der Waals surface area (Å²) in [5.41, 5.74) is 3.19. The van der Waals surface area contributed by atoms with E-state index in [2.05, 4.69) is 33.2 Å². The summed E-state index contributed by atoms with van der Waals surface area (Å²) in [6.07, 6.45) is 2.90. The van der Waals surface area contributed by atoms with E-state index < -0.39 is 12.0 Å². The molecule has 2 aromatic carbocycles. The highest BCUT2D eigenvalue weighted by Crippen LogP contribution is 2.49. The number of nitrogens with zero attached hydrogens (tertiary/aromatic N) is 3. The number of hydrogen-bond acceptors (Lipinski definition) is 4. The van der Waals surface area contributed by atoms with Crippen LogP contribution in [0.1, 0.15) is 59.2 Å². The number of likely N-dealkylation sites (N-methyl/N-ethyl adjacent to an activating group) is 1. The topological polar surface area (TPSA) is 48.5 Å². The first-order valence-electron chi connectivity index (χ1n) is 12.4. The second kappa shape index (κ2) is 8.26. The lowest BCUT2D eigenvalue weighted by Gasteiger charge is -2.40. The number of benzene rings is 2. The van der Waals surface area contributed by atoms with E-state index in [-0.39, 0.29) is 11.5 Å². The lowest BCUT2D eigenvalue weighted by Crippen LogP contribution is -2.52. The fraction of sp³-hybridized carbons (Fsp3) is 0.429. The number of piperazine rings is 1. The lowest BCUT2D eigenvalue weighted by molar-refractivity contribution is 0.0930. The molecule has 2 aliphatic heterocycles. The third-order valence-corrected chi connectivity index (χ3v) is 8.29. The number of aromatic nitrogens is 1. The summed E-state index contributed by atoms with van der Waals surface area (Å²) < 4.78 is 27.3. The molecule has 2 atom stereocenters. The number of aryl methyl sites for hydroxylation is 1. The predicted octanol–water partition coefficient (Wildman–Crippen LogP) is 5.18. The first-order valence-corrected chi connectivity index (χ1v) is 12.4. The summed E-state index contributed by atoms with van der Waals surface area (Å²) in [7, 11) is 2.21. The number of nitrogens with one attached hydrogen (secondary N) is 1. The number of amides is 1. The van der Waals surface area contributed by atoms with Crippen LogP contribution in [0.15, 0.2) is 48.7 Å². The van der Waals surface area contributed by atoms with Gasteiger partial charge in [0, 0.05) is 53.6 Å². The molecule has 0 radical (unpaired) electrons. The number of pyridine rings is 1. The molecule has 2 unspecified atom stereocenters.